The normalized spacial score (nSPS) is 20.5. The molecule has 1 unspecified atom stereocenters. The maximum absolute atomic E-state index is 12.4. The molecule has 2 saturated heterocycles. The van der Waals surface area contributed by atoms with Gasteiger partial charge in [-0.3, -0.25) is 24.4 Å². The topological polar surface area (TPSA) is 93.5 Å². The molecule has 2 aromatic rings. The number of fused-ring (bicyclic) bond motifs is 1. The fourth-order valence-electron chi connectivity index (χ4n) is 4.81. The van der Waals surface area contributed by atoms with Gasteiger partial charge in [0.25, 0.3) is 0 Å². The molecule has 0 spiro atoms. The zero-order valence-electron chi connectivity index (χ0n) is 19.3. The second kappa shape index (κ2) is 8.56. The molecule has 1 atom stereocenters. The minimum absolute atomic E-state index is 0.126. The molecule has 172 valence electrons. The van der Waals surface area contributed by atoms with Gasteiger partial charge in [-0.1, -0.05) is 12.1 Å². The summed E-state index contributed by atoms with van der Waals surface area (Å²) < 4.78 is 7.33. The molecule has 8 heteroatoms. The summed E-state index contributed by atoms with van der Waals surface area (Å²) in [6.07, 6.45) is 3.12. The number of hydrogen-bond donors (Lipinski definition) is 1. The third kappa shape index (κ3) is 4.64. The second-order valence-corrected chi connectivity index (χ2v) is 9.91. The third-order valence-electron chi connectivity index (χ3n) is 6.27. The van der Waals surface area contributed by atoms with Crippen LogP contribution in [0.15, 0.2) is 18.2 Å². The van der Waals surface area contributed by atoms with Crippen molar-refractivity contribution in [1.29, 1.82) is 0 Å². The number of amides is 2. The van der Waals surface area contributed by atoms with E-state index in [1.165, 1.54) is 0 Å². The monoisotopic (exact) mass is 440 g/mol. The predicted octanol–water partition coefficient (Wildman–Crippen LogP) is 3.04. The Morgan fingerprint density at radius 2 is 1.91 bits per heavy atom. The van der Waals surface area contributed by atoms with Crippen molar-refractivity contribution in [2.24, 2.45) is 13.0 Å². The van der Waals surface area contributed by atoms with Crippen LogP contribution in [-0.4, -0.2) is 46.3 Å². The molecule has 1 aromatic heterocycles. The van der Waals surface area contributed by atoms with Gasteiger partial charge >= 0.3 is 5.97 Å². The molecule has 1 N–H and O–H groups in total. The van der Waals surface area contributed by atoms with Crippen molar-refractivity contribution >= 4 is 34.4 Å². The molecule has 0 bridgehead atoms. The maximum Gasteiger partial charge on any atom is 0.306 e. The van der Waals surface area contributed by atoms with Crippen LogP contribution in [0.1, 0.15) is 64.5 Å². The first-order valence-electron chi connectivity index (χ1n) is 11.4. The van der Waals surface area contributed by atoms with Crippen molar-refractivity contribution in [3.05, 3.63) is 23.9 Å². The van der Waals surface area contributed by atoms with Gasteiger partial charge in [-0.2, -0.15) is 5.10 Å². The lowest BCUT2D eigenvalue weighted by atomic mass is 9.91. The van der Waals surface area contributed by atoms with E-state index in [1.807, 2.05) is 44.6 Å². The average molecular weight is 441 g/mol. The summed E-state index contributed by atoms with van der Waals surface area (Å²) in [5.74, 6) is -0.702. The molecule has 4 rings (SSSR count). The number of rotatable bonds is 4. The fourth-order valence-corrected chi connectivity index (χ4v) is 4.81. The van der Waals surface area contributed by atoms with E-state index in [0.717, 1.165) is 48.2 Å². The Kier molecular flexibility index (Phi) is 5.97. The van der Waals surface area contributed by atoms with Gasteiger partial charge in [0, 0.05) is 38.4 Å². The van der Waals surface area contributed by atoms with E-state index in [1.54, 1.807) is 0 Å². The zero-order valence-corrected chi connectivity index (χ0v) is 19.3. The van der Waals surface area contributed by atoms with Crippen LogP contribution in [0.5, 0.6) is 0 Å². The number of carbonyl (C=O) groups excluding carboxylic acids is 3. The number of aromatic nitrogens is 2. The van der Waals surface area contributed by atoms with E-state index in [4.69, 9.17) is 4.74 Å². The van der Waals surface area contributed by atoms with Crippen LogP contribution in [-0.2, 0) is 26.2 Å². The first kappa shape index (κ1) is 22.3. The van der Waals surface area contributed by atoms with Gasteiger partial charge in [-0.05, 0) is 52.0 Å². The second-order valence-electron chi connectivity index (χ2n) is 9.91. The van der Waals surface area contributed by atoms with Crippen molar-refractivity contribution in [3.8, 4) is 0 Å². The van der Waals surface area contributed by atoms with Crippen LogP contribution >= 0.6 is 0 Å². The lowest BCUT2D eigenvalue weighted by Crippen LogP contribution is -2.39. The standard InChI is InChI=1S/C24H32N4O4/c1-24(2,3)32-20(30)14-15-10-12-28(13-11-15)18-7-5-6-16-21(26-27(4)22(16)18)17-8-9-19(29)25-23(17)31/h5-7,15,17H,8-14H2,1-4H3,(H,25,29,31). The molecule has 2 fully saturated rings. The van der Waals surface area contributed by atoms with Crippen molar-refractivity contribution in [1.82, 2.24) is 15.1 Å². The molecule has 2 aliphatic heterocycles. The number of aryl methyl sites for hydroxylation is 1. The average Bonchev–Trinajstić information content (AvgIpc) is 3.04. The largest absolute Gasteiger partial charge is 0.460 e. The van der Waals surface area contributed by atoms with Crippen LogP contribution in [0.4, 0.5) is 5.69 Å². The number of imide groups is 1. The summed E-state index contributed by atoms with van der Waals surface area (Å²) in [6.45, 7) is 7.39. The molecule has 2 aliphatic rings. The molecule has 32 heavy (non-hydrogen) atoms. The van der Waals surface area contributed by atoms with E-state index in [9.17, 15) is 14.4 Å². The highest BCUT2D eigenvalue weighted by molar-refractivity contribution is 6.03. The summed E-state index contributed by atoms with van der Waals surface area (Å²) >= 11 is 0. The van der Waals surface area contributed by atoms with Gasteiger partial charge in [-0.25, -0.2) is 0 Å². The van der Waals surface area contributed by atoms with Crippen LogP contribution in [0.3, 0.4) is 0 Å². The smallest absolute Gasteiger partial charge is 0.306 e. The molecule has 8 nitrogen and oxygen atoms in total. The van der Waals surface area contributed by atoms with Crippen LogP contribution in [0, 0.1) is 5.92 Å². The number of ether oxygens (including phenoxy) is 1. The Morgan fingerprint density at radius 1 is 1.19 bits per heavy atom. The number of para-hydroxylation sites is 1. The Bertz CT molecular complexity index is 1040. The van der Waals surface area contributed by atoms with E-state index in [2.05, 4.69) is 21.4 Å². The number of carbonyl (C=O) groups is 3. The summed E-state index contributed by atoms with van der Waals surface area (Å²) in [7, 11) is 1.90. The number of anilines is 1. The van der Waals surface area contributed by atoms with Crippen molar-refractivity contribution in [2.75, 3.05) is 18.0 Å². The highest BCUT2D eigenvalue weighted by Gasteiger charge is 2.33. The van der Waals surface area contributed by atoms with Gasteiger partial charge in [-0.15, -0.1) is 0 Å². The van der Waals surface area contributed by atoms with Gasteiger partial charge in [0.15, 0.2) is 0 Å². The molecule has 3 heterocycles. The summed E-state index contributed by atoms with van der Waals surface area (Å²) in [5, 5.41) is 8.08. The number of nitrogens with one attached hydrogen (secondary N) is 1. The van der Waals surface area contributed by atoms with Crippen LogP contribution in [0.25, 0.3) is 10.9 Å². The van der Waals surface area contributed by atoms with Gasteiger partial charge in [0.2, 0.25) is 11.8 Å². The van der Waals surface area contributed by atoms with Gasteiger partial charge < -0.3 is 9.64 Å². The molecule has 1 aromatic carbocycles. The molecule has 0 saturated carbocycles. The van der Waals surface area contributed by atoms with Crippen molar-refractivity contribution in [2.45, 2.75) is 64.4 Å². The highest BCUT2D eigenvalue weighted by atomic mass is 16.6. The first-order valence-corrected chi connectivity index (χ1v) is 11.4. The van der Waals surface area contributed by atoms with E-state index < -0.39 is 11.5 Å². The molecule has 0 aliphatic carbocycles. The number of esters is 1. The molecule has 0 radical (unpaired) electrons. The van der Waals surface area contributed by atoms with Crippen LogP contribution < -0.4 is 10.2 Å². The molecular weight excluding hydrogens is 408 g/mol. The fraction of sp³-hybridized carbons (Fsp3) is 0.583. The van der Waals surface area contributed by atoms with Crippen molar-refractivity contribution < 1.29 is 19.1 Å². The zero-order chi connectivity index (χ0) is 23.0. The third-order valence-corrected chi connectivity index (χ3v) is 6.27. The Labute approximate surface area is 188 Å². The predicted molar refractivity (Wildman–Crippen MR) is 121 cm³/mol. The lowest BCUT2D eigenvalue weighted by Gasteiger charge is -2.34. The van der Waals surface area contributed by atoms with Crippen LogP contribution in [0.2, 0.25) is 0 Å². The van der Waals surface area contributed by atoms with Gasteiger partial charge in [0.05, 0.1) is 22.8 Å². The molecule has 2 amide bonds. The van der Waals surface area contributed by atoms with E-state index >= 15 is 0 Å². The van der Waals surface area contributed by atoms with E-state index in [0.29, 0.717) is 25.2 Å². The number of benzene rings is 1. The minimum Gasteiger partial charge on any atom is -0.460 e. The number of piperidine rings is 2. The quantitative estimate of drug-likeness (QED) is 0.580. The van der Waals surface area contributed by atoms with Crippen molar-refractivity contribution in [3.63, 3.8) is 0 Å². The SMILES string of the molecule is Cn1nc(C2CCC(=O)NC2=O)c2cccc(N3CCC(CC(=O)OC(C)(C)C)CC3)c21. The maximum atomic E-state index is 12.4. The Morgan fingerprint density at radius 3 is 2.56 bits per heavy atom. The molecular formula is C24H32N4O4. The summed E-state index contributed by atoms with van der Waals surface area (Å²) in [4.78, 5) is 38.5. The minimum atomic E-state index is -0.451. The van der Waals surface area contributed by atoms with Gasteiger partial charge in [0.1, 0.15) is 5.60 Å². The first-order chi connectivity index (χ1) is 15.1. The Balaban J connectivity index is 1.50. The van der Waals surface area contributed by atoms with E-state index in [-0.39, 0.29) is 17.8 Å². The highest BCUT2D eigenvalue weighted by Crippen LogP contribution is 2.36. The summed E-state index contributed by atoms with van der Waals surface area (Å²) in [6, 6.07) is 6.09. The lowest BCUT2D eigenvalue weighted by molar-refractivity contribution is -0.156. The Hall–Kier alpha value is -2.90. The number of hydrogen-bond acceptors (Lipinski definition) is 6. The summed E-state index contributed by atoms with van der Waals surface area (Å²) in [5.41, 5.74) is 2.37. The number of nitrogens with zero attached hydrogens (tertiary/aromatic N) is 3.